The molecule has 0 heterocycles. The second-order valence-electron chi connectivity index (χ2n) is 6.02. The number of hydrogen-bond acceptors (Lipinski definition) is 4. The lowest BCUT2D eigenvalue weighted by molar-refractivity contribution is -0.156. The lowest BCUT2D eigenvalue weighted by Gasteiger charge is -2.15. The first-order valence-electron chi connectivity index (χ1n) is 8.58. The van der Waals surface area contributed by atoms with Crippen molar-refractivity contribution in [3.63, 3.8) is 0 Å². The Labute approximate surface area is 147 Å². The van der Waals surface area contributed by atoms with Gasteiger partial charge in [0.15, 0.2) is 12.7 Å². The number of esters is 1. The summed E-state index contributed by atoms with van der Waals surface area (Å²) in [5.74, 6) is -1.01. The molecule has 5 nitrogen and oxygen atoms in total. The number of rotatable bonds is 8. The summed E-state index contributed by atoms with van der Waals surface area (Å²) in [5.41, 5.74) is 1.38. The predicted octanol–water partition coefficient (Wildman–Crippen LogP) is 3.14. The Kier molecular flexibility index (Phi) is 7.44. The van der Waals surface area contributed by atoms with E-state index in [2.05, 4.69) is 11.4 Å². The van der Waals surface area contributed by atoms with Crippen LogP contribution >= 0.6 is 0 Å². The summed E-state index contributed by atoms with van der Waals surface area (Å²) in [6, 6.07) is 5.30. The maximum absolute atomic E-state index is 12.8. The van der Waals surface area contributed by atoms with Crippen LogP contribution in [0.25, 0.3) is 0 Å². The molecule has 0 fully saturated rings. The third-order valence-corrected chi connectivity index (χ3v) is 3.98. The molecule has 1 amide bonds. The second-order valence-corrected chi connectivity index (χ2v) is 6.02. The van der Waals surface area contributed by atoms with E-state index in [1.807, 2.05) is 0 Å². The molecule has 136 valence electrons. The molecule has 25 heavy (non-hydrogen) atoms. The average Bonchev–Trinajstić information content (AvgIpc) is 2.62. The minimum Gasteiger partial charge on any atom is -0.482 e. The topological polar surface area (TPSA) is 64.6 Å². The summed E-state index contributed by atoms with van der Waals surface area (Å²) >= 11 is 0. The van der Waals surface area contributed by atoms with Crippen molar-refractivity contribution in [2.24, 2.45) is 0 Å². The van der Waals surface area contributed by atoms with Gasteiger partial charge in [0.1, 0.15) is 11.6 Å². The summed E-state index contributed by atoms with van der Waals surface area (Å²) in [5, 5.41) is 2.78. The van der Waals surface area contributed by atoms with Crippen molar-refractivity contribution < 1.29 is 23.5 Å². The number of benzene rings is 1. The van der Waals surface area contributed by atoms with Gasteiger partial charge in [-0.1, -0.05) is 11.6 Å². The van der Waals surface area contributed by atoms with Crippen LogP contribution in [-0.4, -0.2) is 31.1 Å². The van der Waals surface area contributed by atoms with Crippen LogP contribution in [0.15, 0.2) is 35.9 Å². The van der Waals surface area contributed by atoms with Crippen LogP contribution in [0.3, 0.4) is 0 Å². The van der Waals surface area contributed by atoms with Crippen LogP contribution in [0.1, 0.15) is 39.0 Å². The van der Waals surface area contributed by atoms with Gasteiger partial charge in [-0.3, -0.25) is 4.79 Å². The summed E-state index contributed by atoms with van der Waals surface area (Å²) < 4.78 is 23.0. The zero-order chi connectivity index (χ0) is 18.1. The summed E-state index contributed by atoms with van der Waals surface area (Å²) in [6.45, 7) is 1.72. The van der Waals surface area contributed by atoms with Gasteiger partial charge in [-0.2, -0.15) is 0 Å². The SMILES string of the molecule is C[C@@H](OC(=O)COc1ccc(F)cc1)C(=O)NCCC1=CCCCC1. The van der Waals surface area contributed by atoms with E-state index in [9.17, 15) is 14.0 Å². The van der Waals surface area contributed by atoms with Gasteiger partial charge < -0.3 is 14.8 Å². The van der Waals surface area contributed by atoms with E-state index in [0.717, 1.165) is 19.3 Å². The van der Waals surface area contributed by atoms with E-state index in [1.165, 1.54) is 49.6 Å². The molecule has 6 heteroatoms. The zero-order valence-electron chi connectivity index (χ0n) is 14.4. The van der Waals surface area contributed by atoms with E-state index < -0.39 is 12.1 Å². The number of ether oxygens (including phenoxy) is 2. The highest BCUT2D eigenvalue weighted by Gasteiger charge is 2.18. The minimum atomic E-state index is -0.885. The van der Waals surface area contributed by atoms with E-state index in [-0.39, 0.29) is 18.3 Å². The third-order valence-electron chi connectivity index (χ3n) is 3.98. The third kappa shape index (κ3) is 6.95. The number of carbonyl (C=O) groups excluding carboxylic acids is 2. The first-order chi connectivity index (χ1) is 12.0. The van der Waals surface area contributed by atoms with E-state index in [4.69, 9.17) is 9.47 Å². The molecule has 1 aliphatic rings. The van der Waals surface area contributed by atoms with E-state index in [0.29, 0.717) is 12.3 Å². The Bertz CT molecular complexity index is 612. The molecule has 0 saturated heterocycles. The molecule has 0 bridgehead atoms. The number of allylic oxidation sites excluding steroid dienone is 1. The molecule has 0 unspecified atom stereocenters. The number of carbonyl (C=O) groups is 2. The van der Waals surface area contributed by atoms with Crippen molar-refractivity contribution in [1.29, 1.82) is 0 Å². The van der Waals surface area contributed by atoms with Crippen LogP contribution < -0.4 is 10.1 Å². The van der Waals surface area contributed by atoms with Crippen molar-refractivity contribution in [3.05, 3.63) is 41.7 Å². The fourth-order valence-corrected chi connectivity index (χ4v) is 2.58. The molecular weight excluding hydrogens is 325 g/mol. The first kappa shape index (κ1) is 19.0. The predicted molar refractivity (Wildman–Crippen MR) is 91.6 cm³/mol. The van der Waals surface area contributed by atoms with Gasteiger partial charge >= 0.3 is 5.97 Å². The molecule has 2 rings (SSSR count). The summed E-state index contributed by atoms with van der Waals surface area (Å²) in [4.78, 5) is 23.7. The number of halogens is 1. The minimum absolute atomic E-state index is 0.327. The number of amides is 1. The van der Waals surface area contributed by atoms with Gasteiger partial charge in [0.25, 0.3) is 5.91 Å². The van der Waals surface area contributed by atoms with Crippen molar-refractivity contribution >= 4 is 11.9 Å². The number of nitrogens with one attached hydrogen (secondary N) is 1. The highest BCUT2D eigenvalue weighted by Crippen LogP contribution is 2.19. The van der Waals surface area contributed by atoms with Gasteiger partial charge in [0.05, 0.1) is 0 Å². The fourth-order valence-electron chi connectivity index (χ4n) is 2.58. The van der Waals surface area contributed by atoms with Crippen molar-refractivity contribution in [1.82, 2.24) is 5.32 Å². The van der Waals surface area contributed by atoms with E-state index >= 15 is 0 Å². The highest BCUT2D eigenvalue weighted by molar-refractivity contribution is 5.83. The molecule has 1 aliphatic carbocycles. The standard InChI is InChI=1S/C19H24FNO4/c1-14(19(23)21-12-11-15-5-3-2-4-6-15)25-18(22)13-24-17-9-7-16(20)8-10-17/h5,7-10,14H,2-4,6,11-13H2,1H3,(H,21,23)/t14-/m1/s1. The molecular formula is C19H24FNO4. The Hall–Kier alpha value is -2.37. The van der Waals surface area contributed by atoms with Gasteiger partial charge in [-0.15, -0.1) is 0 Å². The molecule has 1 N–H and O–H groups in total. The normalized spacial score (nSPS) is 15.0. The maximum Gasteiger partial charge on any atom is 0.344 e. The summed E-state index contributed by atoms with van der Waals surface area (Å²) in [6.07, 6.45) is 6.85. The zero-order valence-corrected chi connectivity index (χ0v) is 14.4. The van der Waals surface area contributed by atoms with Gasteiger partial charge in [0, 0.05) is 6.54 Å². The molecule has 1 atom stereocenters. The van der Waals surface area contributed by atoms with Crippen LogP contribution in [0.4, 0.5) is 4.39 Å². The molecule has 0 radical (unpaired) electrons. The van der Waals surface area contributed by atoms with Gasteiger partial charge in [0.2, 0.25) is 0 Å². The van der Waals surface area contributed by atoms with Crippen LogP contribution in [0.2, 0.25) is 0 Å². The van der Waals surface area contributed by atoms with Crippen molar-refractivity contribution in [2.75, 3.05) is 13.2 Å². The molecule has 1 aromatic carbocycles. The maximum atomic E-state index is 12.8. The van der Waals surface area contributed by atoms with Gasteiger partial charge in [-0.25, -0.2) is 9.18 Å². The Morgan fingerprint density at radius 1 is 1.24 bits per heavy atom. The Morgan fingerprint density at radius 2 is 2.00 bits per heavy atom. The lowest BCUT2D eigenvalue weighted by atomic mass is 9.97. The number of hydrogen-bond donors (Lipinski definition) is 1. The molecule has 0 spiro atoms. The molecule has 1 aromatic rings. The fraction of sp³-hybridized carbons (Fsp3) is 0.474. The summed E-state index contributed by atoms with van der Waals surface area (Å²) in [7, 11) is 0. The van der Waals surface area contributed by atoms with Crippen LogP contribution in [-0.2, 0) is 14.3 Å². The van der Waals surface area contributed by atoms with Crippen LogP contribution in [0.5, 0.6) is 5.75 Å². The lowest BCUT2D eigenvalue weighted by Crippen LogP contribution is -2.37. The van der Waals surface area contributed by atoms with E-state index in [1.54, 1.807) is 0 Å². The Balaban J connectivity index is 1.64. The highest BCUT2D eigenvalue weighted by atomic mass is 19.1. The quantitative estimate of drug-likeness (QED) is 0.578. The van der Waals surface area contributed by atoms with Crippen molar-refractivity contribution in [3.8, 4) is 5.75 Å². The van der Waals surface area contributed by atoms with Crippen LogP contribution in [0, 0.1) is 5.82 Å². The largest absolute Gasteiger partial charge is 0.482 e. The molecule has 0 aromatic heterocycles. The average molecular weight is 349 g/mol. The molecule has 0 aliphatic heterocycles. The molecule has 0 saturated carbocycles. The monoisotopic (exact) mass is 349 g/mol. The van der Waals surface area contributed by atoms with Crippen molar-refractivity contribution in [2.45, 2.75) is 45.1 Å². The smallest absolute Gasteiger partial charge is 0.344 e. The first-order valence-corrected chi connectivity index (χ1v) is 8.58. The van der Waals surface area contributed by atoms with Gasteiger partial charge in [-0.05, 0) is 63.3 Å². The Morgan fingerprint density at radius 3 is 2.68 bits per heavy atom. The second kappa shape index (κ2) is 9.81.